The van der Waals surface area contributed by atoms with Gasteiger partial charge >= 0.3 is 0 Å². The molecule has 9 nitrogen and oxygen atoms in total. The van der Waals surface area contributed by atoms with Crippen LogP contribution in [0.3, 0.4) is 0 Å². The number of ether oxygens (including phenoxy) is 5. The second-order valence-corrected chi connectivity index (χ2v) is 11.7. The van der Waals surface area contributed by atoms with E-state index in [2.05, 4.69) is 25.2 Å². The van der Waals surface area contributed by atoms with E-state index in [-0.39, 0.29) is 35.9 Å². The minimum absolute atomic E-state index is 0.0464. The summed E-state index contributed by atoms with van der Waals surface area (Å²) in [7, 11) is 4.99. The number of aliphatic hydroxyl groups excluding tert-OH is 1. The molecule has 0 aromatic heterocycles. The maximum absolute atomic E-state index is 13.0. The summed E-state index contributed by atoms with van der Waals surface area (Å²) in [5, 5.41) is 14.1. The third kappa shape index (κ3) is 11.2. The Hall–Kier alpha value is -1.91. The third-order valence-corrected chi connectivity index (χ3v) is 8.01. The van der Waals surface area contributed by atoms with Gasteiger partial charge in [0, 0.05) is 52.2 Å². The Balaban J connectivity index is 1.96. The number of carbonyl (C=O) groups excluding carboxylic acids is 1. The number of nitrogens with two attached hydrogens (primary N) is 1. The number of amides is 1. The second-order valence-electron chi connectivity index (χ2n) is 11.7. The Morgan fingerprint density at radius 3 is 2.45 bits per heavy atom. The van der Waals surface area contributed by atoms with E-state index < -0.39 is 12.1 Å². The molecule has 1 heterocycles. The summed E-state index contributed by atoms with van der Waals surface area (Å²) in [4.78, 5) is 13.0. The van der Waals surface area contributed by atoms with Crippen LogP contribution in [0.4, 0.5) is 0 Å². The molecule has 40 heavy (non-hydrogen) atoms. The first-order chi connectivity index (χ1) is 19.1. The number of rotatable bonds is 19. The number of carbonyl (C=O) groups is 1. The molecule has 1 saturated heterocycles. The van der Waals surface area contributed by atoms with E-state index in [9.17, 15) is 9.90 Å². The van der Waals surface area contributed by atoms with Gasteiger partial charge in [0.15, 0.2) is 11.5 Å². The van der Waals surface area contributed by atoms with Crippen LogP contribution in [-0.4, -0.2) is 83.1 Å². The van der Waals surface area contributed by atoms with Crippen molar-refractivity contribution in [1.29, 1.82) is 0 Å². The molecule has 0 saturated carbocycles. The van der Waals surface area contributed by atoms with E-state index in [4.69, 9.17) is 29.4 Å². The lowest BCUT2D eigenvalue weighted by Gasteiger charge is -2.30. The number of aliphatic hydroxyl groups is 1. The van der Waals surface area contributed by atoms with Gasteiger partial charge in [0.05, 0.1) is 38.6 Å². The lowest BCUT2D eigenvalue weighted by atomic mass is 9.81. The van der Waals surface area contributed by atoms with Gasteiger partial charge in [0.25, 0.3) is 0 Å². The molecule has 9 heteroatoms. The van der Waals surface area contributed by atoms with Crippen molar-refractivity contribution in [3.05, 3.63) is 23.8 Å². The van der Waals surface area contributed by atoms with Gasteiger partial charge in [-0.25, -0.2) is 0 Å². The molecule has 1 amide bonds. The average Bonchev–Trinajstić information content (AvgIpc) is 3.40. The van der Waals surface area contributed by atoms with Crippen LogP contribution < -0.4 is 20.5 Å². The largest absolute Gasteiger partial charge is 0.493 e. The predicted molar refractivity (Wildman–Crippen MR) is 157 cm³/mol. The molecule has 0 bridgehead atoms. The highest BCUT2D eigenvalue weighted by Gasteiger charge is 2.31. The van der Waals surface area contributed by atoms with Crippen molar-refractivity contribution >= 4 is 5.91 Å². The van der Waals surface area contributed by atoms with Crippen molar-refractivity contribution in [3.63, 3.8) is 0 Å². The Morgan fingerprint density at radius 1 is 1.10 bits per heavy atom. The van der Waals surface area contributed by atoms with Crippen LogP contribution in [0.5, 0.6) is 11.5 Å². The van der Waals surface area contributed by atoms with Crippen LogP contribution in [-0.2, 0) is 25.4 Å². The van der Waals surface area contributed by atoms with Gasteiger partial charge in [-0.05, 0) is 54.7 Å². The molecule has 1 aliphatic rings. The molecule has 1 aliphatic heterocycles. The van der Waals surface area contributed by atoms with Gasteiger partial charge in [-0.15, -0.1) is 0 Å². The summed E-state index contributed by atoms with van der Waals surface area (Å²) in [5.74, 6) is 1.69. The SMILES string of the molecule is COCCCOc1cc(C[C@@H](C[C@H](N)[C@@H](O)C[C@H](C(=O)NC[C@H]2C[C@@H](OC)CO2)C(C)C)C(C)C)ccc1OC. The Morgan fingerprint density at radius 2 is 1.85 bits per heavy atom. The molecule has 0 spiro atoms. The zero-order valence-corrected chi connectivity index (χ0v) is 25.7. The molecule has 0 aliphatic carbocycles. The lowest BCUT2D eigenvalue weighted by molar-refractivity contribution is -0.128. The number of hydrogen-bond acceptors (Lipinski definition) is 8. The molecule has 4 N–H and O–H groups in total. The Kier molecular flexibility index (Phi) is 15.3. The highest BCUT2D eigenvalue weighted by Crippen LogP contribution is 2.32. The average molecular weight is 567 g/mol. The van der Waals surface area contributed by atoms with Crippen LogP contribution in [0.25, 0.3) is 0 Å². The lowest BCUT2D eigenvalue weighted by Crippen LogP contribution is -2.44. The molecular formula is C31H54N2O7. The first-order valence-corrected chi connectivity index (χ1v) is 14.7. The topological polar surface area (TPSA) is 122 Å². The van der Waals surface area contributed by atoms with Gasteiger partial charge in [-0.2, -0.15) is 0 Å². The van der Waals surface area contributed by atoms with Crippen molar-refractivity contribution in [2.24, 2.45) is 29.4 Å². The number of nitrogens with one attached hydrogen (secondary N) is 1. The van der Waals surface area contributed by atoms with E-state index in [1.165, 1.54) is 0 Å². The maximum Gasteiger partial charge on any atom is 0.223 e. The standard InChI is InChI=1S/C31H54N2O7/c1-20(2)23(13-22-9-10-29(38-7)30(14-22)39-12-8-11-36-5)15-27(32)28(34)17-26(21(3)4)31(35)33-18-24-16-25(37-6)19-40-24/h9-10,14,20-21,23-28,34H,8,11-13,15-19,32H2,1-7H3,(H,33,35)/t23-,24+,25+,26-,27-,28-/m0/s1. The van der Waals surface area contributed by atoms with Crippen molar-refractivity contribution < 1.29 is 33.6 Å². The summed E-state index contributed by atoms with van der Waals surface area (Å²) in [6.07, 6.45) is 2.58. The van der Waals surface area contributed by atoms with Crippen LogP contribution in [0.15, 0.2) is 18.2 Å². The van der Waals surface area contributed by atoms with Crippen molar-refractivity contribution in [3.8, 4) is 11.5 Å². The van der Waals surface area contributed by atoms with Gasteiger partial charge in [-0.3, -0.25) is 4.79 Å². The number of benzene rings is 1. The van der Waals surface area contributed by atoms with Gasteiger partial charge in [0.1, 0.15) is 0 Å². The smallest absolute Gasteiger partial charge is 0.223 e. The van der Waals surface area contributed by atoms with Crippen molar-refractivity contribution in [2.45, 2.75) is 84.2 Å². The molecule has 6 atom stereocenters. The quantitative estimate of drug-likeness (QED) is 0.217. The second kappa shape index (κ2) is 17.8. The molecule has 0 radical (unpaired) electrons. The van der Waals surface area contributed by atoms with Crippen LogP contribution in [0.2, 0.25) is 0 Å². The van der Waals surface area contributed by atoms with E-state index in [0.29, 0.717) is 50.9 Å². The highest BCUT2D eigenvalue weighted by molar-refractivity contribution is 5.79. The van der Waals surface area contributed by atoms with Gasteiger partial charge < -0.3 is 39.8 Å². The fourth-order valence-corrected chi connectivity index (χ4v) is 5.19. The van der Waals surface area contributed by atoms with Crippen LogP contribution in [0, 0.1) is 23.7 Å². The van der Waals surface area contributed by atoms with E-state index >= 15 is 0 Å². The first kappa shape index (κ1) is 34.3. The minimum atomic E-state index is -0.782. The third-order valence-electron chi connectivity index (χ3n) is 8.01. The monoisotopic (exact) mass is 566 g/mol. The first-order valence-electron chi connectivity index (χ1n) is 14.7. The summed E-state index contributed by atoms with van der Waals surface area (Å²) in [6.45, 7) is 10.5. The normalized spacial score (nSPS) is 20.4. The van der Waals surface area contributed by atoms with E-state index in [0.717, 1.165) is 30.6 Å². The molecule has 1 aromatic carbocycles. The van der Waals surface area contributed by atoms with E-state index in [1.807, 2.05) is 26.0 Å². The van der Waals surface area contributed by atoms with Crippen molar-refractivity contribution in [2.75, 3.05) is 47.7 Å². The van der Waals surface area contributed by atoms with E-state index in [1.54, 1.807) is 21.3 Å². The van der Waals surface area contributed by atoms with Gasteiger partial charge in [-0.1, -0.05) is 33.8 Å². The maximum atomic E-state index is 13.0. The molecule has 230 valence electrons. The number of hydrogen-bond donors (Lipinski definition) is 3. The zero-order valence-electron chi connectivity index (χ0n) is 25.7. The molecule has 2 rings (SSSR count). The highest BCUT2D eigenvalue weighted by atomic mass is 16.5. The summed E-state index contributed by atoms with van der Waals surface area (Å²) < 4.78 is 27.6. The Bertz CT molecular complexity index is 866. The minimum Gasteiger partial charge on any atom is -0.493 e. The van der Waals surface area contributed by atoms with Crippen LogP contribution in [0.1, 0.15) is 58.9 Å². The Labute approximate surface area is 241 Å². The summed E-state index contributed by atoms with van der Waals surface area (Å²) >= 11 is 0. The fraction of sp³-hybridized carbons (Fsp3) is 0.774. The predicted octanol–water partition coefficient (Wildman–Crippen LogP) is 3.59. The zero-order chi connectivity index (χ0) is 29.7. The summed E-state index contributed by atoms with van der Waals surface area (Å²) in [5.41, 5.74) is 7.69. The molecular weight excluding hydrogens is 512 g/mol. The van der Waals surface area contributed by atoms with Crippen molar-refractivity contribution in [1.82, 2.24) is 5.32 Å². The van der Waals surface area contributed by atoms with Gasteiger partial charge in [0.2, 0.25) is 5.91 Å². The number of methoxy groups -OCH3 is 3. The molecule has 0 unspecified atom stereocenters. The molecule has 1 aromatic rings. The fourth-order valence-electron chi connectivity index (χ4n) is 5.19. The molecule has 1 fully saturated rings. The van der Waals surface area contributed by atoms with Crippen LogP contribution >= 0.6 is 0 Å². The summed E-state index contributed by atoms with van der Waals surface area (Å²) in [6, 6.07) is 5.58.